The lowest BCUT2D eigenvalue weighted by atomic mass is 10.0. The maximum Gasteiger partial charge on any atom is 0.306 e. The molecule has 0 spiro atoms. The van der Waals surface area contributed by atoms with E-state index < -0.39 is 6.10 Å². The van der Waals surface area contributed by atoms with Crippen LogP contribution >= 0.6 is 0 Å². The van der Waals surface area contributed by atoms with Gasteiger partial charge in [-0.15, -0.1) is 0 Å². The first-order valence-electron chi connectivity index (χ1n) is 31.2. The Morgan fingerprint density at radius 2 is 0.527 bits per heavy atom. The number of carbonyl (C=O) groups excluding carboxylic acids is 3. The smallest absolute Gasteiger partial charge is 0.306 e. The van der Waals surface area contributed by atoms with E-state index in [4.69, 9.17) is 14.2 Å². The zero-order valence-corrected chi connectivity index (χ0v) is 48.6. The Bertz CT molecular complexity index is 1460. The first kappa shape index (κ1) is 70.3. The van der Waals surface area contributed by atoms with Gasteiger partial charge in [0.05, 0.1) is 0 Å². The van der Waals surface area contributed by atoms with E-state index in [1.54, 1.807) is 0 Å². The second kappa shape index (κ2) is 61.9. The molecule has 0 saturated heterocycles. The maximum atomic E-state index is 12.8. The molecule has 0 aliphatic carbocycles. The van der Waals surface area contributed by atoms with Crippen LogP contribution < -0.4 is 0 Å². The van der Waals surface area contributed by atoms with Crippen molar-refractivity contribution in [1.29, 1.82) is 0 Å². The average Bonchev–Trinajstić information content (AvgIpc) is 3.40. The van der Waals surface area contributed by atoms with Gasteiger partial charge in [0.1, 0.15) is 13.2 Å². The molecule has 0 N–H and O–H groups in total. The number of hydrogen-bond donors (Lipinski definition) is 0. The van der Waals surface area contributed by atoms with Gasteiger partial charge in [0, 0.05) is 19.3 Å². The summed E-state index contributed by atoms with van der Waals surface area (Å²) in [6.45, 7) is 6.46. The van der Waals surface area contributed by atoms with Gasteiger partial charge in [0.25, 0.3) is 0 Å². The predicted octanol–water partition coefficient (Wildman–Crippen LogP) is 21.3. The zero-order valence-electron chi connectivity index (χ0n) is 48.6. The molecule has 0 radical (unpaired) electrons. The molecule has 0 aliphatic rings. The van der Waals surface area contributed by atoms with Crippen molar-refractivity contribution >= 4 is 17.9 Å². The van der Waals surface area contributed by atoms with E-state index in [2.05, 4.69) is 118 Å². The summed E-state index contributed by atoms with van der Waals surface area (Å²) < 4.78 is 16.8. The van der Waals surface area contributed by atoms with Crippen molar-refractivity contribution in [2.75, 3.05) is 13.2 Å². The van der Waals surface area contributed by atoms with Crippen LogP contribution in [-0.2, 0) is 28.6 Å². The zero-order chi connectivity index (χ0) is 53.6. The van der Waals surface area contributed by atoms with Crippen molar-refractivity contribution in [2.24, 2.45) is 0 Å². The lowest BCUT2D eigenvalue weighted by Crippen LogP contribution is -2.30. The molecular weight excluding hydrogens is 913 g/mol. The number of allylic oxidation sites excluding steroid dienone is 16. The molecule has 0 heterocycles. The third-order valence-electron chi connectivity index (χ3n) is 13.3. The summed E-state index contributed by atoms with van der Waals surface area (Å²) in [6.07, 6.45) is 83.1. The van der Waals surface area contributed by atoms with Gasteiger partial charge < -0.3 is 14.2 Å². The summed E-state index contributed by atoms with van der Waals surface area (Å²) in [5.41, 5.74) is 0. The van der Waals surface area contributed by atoms with Gasteiger partial charge in [0.2, 0.25) is 0 Å². The SMILES string of the molecule is CC/C=C\C/C=C\C/C=C\C/C=C\C/C=C\C/C=C\C/C=C\CCCCCC(=O)OCC(COC(=O)CCCCCCCC)OC(=O)CCCCCCCCCCCCCCC/C=C\CCCCCCCCCC. The van der Waals surface area contributed by atoms with Gasteiger partial charge in [-0.05, 0) is 103 Å². The lowest BCUT2D eigenvalue weighted by Gasteiger charge is -2.18. The summed E-state index contributed by atoms with van der Waals surface area (Å²) in [5.74, 6) is -0.925. The van der Waals surface area contributed by atoms with E-state index in [-0.39, 0.29) is 31.1 Å². The van der Waals surface area contributed by atoms with Crippen LogP contribution in [0.15, 0.2) is 97.2 Å². The molecule has 6 heteroatoms. The Morgan fingerprint density at radius 1 is 0.284 bits per heavy atom. The monoisotopic (exact) mass is 1030 g/mol. The van der Waals surface area contributed by atoms with Crippen LogP contribution in [0.1, 0.15) is 297 Å². The van der Waals surface area contributed by atoms with Crippen LogP contribution in [-0.4, -0.2) is 37.2 Å². The Morgan fingerprint density at radius 3 is 0.851 bits per heavy atom. The molecule has 0 aliphatic heterocycles. The number of carbonyl (C=O) groups is 3. The number of esters is 3. The van der Waals surface area contributed by atoms with E-state index in [9.17, 15) is 14.4 Å². The van der Waals surface area contributed by atoms with Crippen LogP contribution in [0.3, 0.4) is 0 Å². The first-order chi connectivity index (χ1) is 36.5. The minimum atomic E-state index is -0.789. The standard InChI is InChI=1S/C68H116O6/c1-4-7-10-13-16-18-20-22-24-26-28-30-32-34-36-38-40-42-44-46-48-50-52-55-58-61-67(70)73-64-65(63-72-66(69)60-57-54-15-12-9-6-3)74-68(71)62-59-56-53-51-49-47-45-43-41-39-37-35-33-31-29-27-25-23-21-19-17-14-11-8-5-2/h7,10,16,18,22,24,27-30,34,36,40,42,46,48,65H,4-6,8-9,11-15,17,19-21,23,25-26,31-33,35,37-39,41,43-45,47,49-64H2,1-3H3/b10-7-,18-16-,24-22-,29-27-,30-28-,36-34-,42-40-,48-46-. The van der Waals surface area contributed by atoms with Crippen LogP contribution in [0.4, 0.5) is 0 Å². The molecular formula is C68H116O6. The molecule has 0 rings (SSSR count). The molecule has 424 valence electrons. The highest BCUT2D eigenvalue weighted by atomic mass is 16.6. The Labute approximate surface area is 457 Å². The second-order valence-corrected chi connectivity index (χ2v) is 20.6. The third kappa shape index (κ3) is 59.2. The van der Waals surface area contributed by atoms with Gasteiger partial charge >= 0.3 is 17.9 Å². The van der Waals surface area contributed by atoms with Gasteiger partial charge in [-0.3, -0.25) is 14.4 Å². The Kier molecular flexibility index (Phi) is 58.8. The molecule has 74 heavy (non-hydrogen) atoms. The van der Waals surface area contributed by atoms with E-state index in [0.717, 1.165) is 109 Å². The highest BCUT2D eigenvalue weighted by Crippen LogP contribution is 2.16. The lowest BCUT2D eigenvalue weighted by molar-refractivity contribution is -0.167. The summed E-state index contributed by atoms with van der Waals surface area (Å²) >= 11 is 0. The van der Waals surface area contributed by atoms with Crippen molar-refractivity contribution in [2.45, 2.75) is 303 Å². The maximum absolute atomic E-state index is 12.8. The van der Waals surface area contributed by atoms with Crippen molar-refractivity contribution < 1.29 is 28.6 Å². The van der Waals surface area contributed by atoms with Gasteiger partial charge in [-0.2, -0.15) is 0 Å². The third-order valence-corrected chi connectivity index (χ3v) is 13.3. The van der Waals surface area contributed by atoms with Crippen LogP contribution in [0, 0.1) is 0 Å². The van der Waals surface area contributed by atoms with Crippen LogP contribution in [0.2, 0.25) is 0 Å². The highest BCUT2D eigenvalue weighted by Gasteiger charge is 2.19. The van der Waals surface area contributed by atoms with Crippen molar-refractivity contribution in [3.63, 3.8) is 0 Å². The van der Waals surface area contributed by atoms with E-state index in [1.165, 1.54) is 148 Å². The Balaban J connectivity index is 4.18. The molecule has 0 aromatic rings. The second-order valence-electron chi connectivity index (χ2n) is 20.6. The Hall–Kier alpha value is -3.67. The number of hydrogen-bond acceptors (Lipinski definition) is 6. The molecule has 0 bridgehead atoms. The van der Waals surface area contributed by atoms with Gasteiger partial charge in [-0.1, -0.05) is 272 Å². The molecule has 1 atom stereocenters. The van der Waals surface area contributed by atoms with Crippen LogP contribution in [0.25, 0.3) is 0 Å². The number of rotatable bonds is 56. The first-order valence-corrected chi connectivity index (χ1v) is 31.2. The van der Waals surface area contributed by atoms with Gasteiger partial charge in [0.15, 0.2) is 6.10 Å². The molecule has 0 aromatic carbocycles. The number of unbranched alkanes of at least 4 members (excludes halogenated alkanes) is 29. The van der Waals surface area contributed by atoms with E-state index >= 15 is 0 Å². The quantitative estimate of drug-likeness (QED) is 0.0261. The minimum absolute atomic E-state index is 0.0876. The molecule has 0 amide bonds. The fraction of sp³-hybridized carbons (Fsp3) is 0.721. The molecule has 1 unspecified atom stereocenters. The summed E-state index contributed by atoms with van der Waals surface area (Å²) in [5, 5.41) is 0. The fourth-order valence-corrected chi connectivity index (χ4v) is 8.65. The summed E-state index contributed by atoms with van der Waals surface area (Å²) in [4.78, 5) is 38.0. The molecule has 0 aromatic heterocycles. The van der Waals surface area contributed by atoms with E-state index in [0.29, 0.717) is 19.3 Å². The topological polar surface area (TPSA) is 78.9 Å². The number of ether oxygens (including phenoxy) is 3. The normalized spacial score (nSPS) is 12.7. The average molecular weight is 1030 g/mol. The largest absolute Gasteiger partial charge is 0.462 e. The summed E-state index contributed by atoms with van der Waals surface area (Å²) in [6, 6.07) is 0. The van der Waals surface area contributed by atoms with Crippen molar-refractivity contribution in [3.05, 3.63) is 97.2 Å². The van der Waals surface area contributed by atoms with Crippen molar-refractivity contribution in [3.8, 4) is 0 Å². The predicted molar refractivity (Wildman–Crippen MR) is 320 cm³/mol. The van der Waals surface area contributed by atoms with Gasteiger partial charge in [-0.25, -0.2) is 0 Å². The van der Waals surface area contributed by atoms with Crippen molar-refractivity contribution in [1.82, 2.24) is 0 Å². The summed E-state index contributed by atoms with van der Waals surface area (Å²) in [7, 11) is 0. The fourth-order valence-electron chi connectivity index (χ4n) is 8.65. The molecule has 0 saturated carbocycles. The van der Waals surface area contributed by atoms with E-state index in [1.807, 2.05) is 0 Å². The minimum Gasteiger partial charge on any atom is -0.462 e. The highest BCUT2D eigenvalue weighted by molar-refractivity contribution is 5.71. The molecule has 0 fully saturated rings. The van der Waals surface area contributed by atoms with Crippen LogP contribution in [0.5, 0.6) is 0 Å². The molecule has 6 nitrogen and oxygen atoms in total.